The van der Waals surface area contributed by atoms with Gasteiger partial charge in [0.25, 0.3) is 0 Å². The van der Waals surface area contributed by atoms with Crippen molar-refractivity contribution in [3.8, 4) is 6.07 Å². The summed E-state index contributed by atoms with van der Waals surface area (Å²) < 4.78 is 0. The van der Waals surface area contributed by atoms with Crippen LogP contribution in [0.3, 0.4) is 0 Å². The van der Waals surface area contributed by atoms with Crippen LogP contribution in [-0.4, -0.2) is 23.9 Å². The van der Waals surface area contributed by atoms with Gasteiger partial charge in [0, 0.05) is 24.9 Å². The van der Waals surface area contributed by atoms with Gasteiger partial charge in [0.15, 0.2) is 0 Å². The highest BCUT2D eigenvalue weighted by atomic mass is 16.2. The van der Waals surface area contributed by atoms with Gasteiger partial charge in [0.1, 0.15) is 0 Å². The first-order chi connectivity index (χ1) is 9.74. The first kappa shape index (κ1) is 12.7. The van der Waals surface area contributed by atoms with Gasteiger partial charge in [-0.15, -0.1) is 0 Å². The minimum Gasteiger partial charge on any atom is -0.342 e. The van der Waals surface area contributed by atoms with E-state index in [4.69, 9.17) is 5.26 Å². The van der Waals surface area contributed by atoms with E-state index >= 15 is 0 Å². The molecule has 5 fully saturated rings. The molecule has 1 aliphatic heterocycles. The molecule has 5 rings (SSSR count). The summed E-state index contributed by atoms with van der Waals surface area (Å²) in [5.74, 6) is 4.20. The van der Waals surface area contributed by atoms with Crippen LogP contribution in [-0.2, 0) is 4.79 Å². The monoisotopic (exact) mass is 272 g/mol. The maximum atomic E-state index is 12.9. The lowest BCUT2D eigenvalue weighted by atomic mass is 9.51. The summed E-state index contributed by atoms with van der Waals surface area (Å²) in [6.45, 7) is 1.64. The molecule has 0 aromatic heterocycles. The summed E-state index contributed by atoms with van der Waals surface area (Å²) in [7, 11) is 0. The van der Waals surface area contributed by atoms with Gasteiger partial charge in [-0.2, -0.15) is 5.26 Å². The third-order valence-electron chi connectivity index (χ3n) is 6.50. The molecule has 1 saturated heterocycles. The van der Waals surface area contributed by atoms with Crippen molar-refractivity contribution in [2.45, 2.75) is 44.9 Å². The number of rotatable bonds is 1. The Morgan fingerprint density at radius 3 is 2.00 bits per heavy atom. The van der Waals surface area contributed by atoms with E-state index in [-0.39, 0.29) is 5.92 Å². The quantitative estimate of drug-likeness (QED) is 0.736. The van der Waals surface area contributed by atoms with Crippen molar-refractivity contribution >= 4 is 5.91 Å². The highest BCUT2D eigenvalue weighted by Gasteiger charge is 2.51. The molecule has 0 aromatic rings. The molecule has 0 unspecified atom stereocenters. The zero-order valence-corrected chi connectivity index (χ0v) is 12.1. The van der Waals surface area contributed by atoms with Gasteiger partial charge in [-0.05, 0) is 68.6 Å². The fourth-order valence-corrected chi connectivity index (χ4v) is 5.77. The van der Waals surface area contributed by atoms with Gasteiger partial charge >= 0.3 is 0 Å². The summed E-state index contributed by atoms with van der Waals surface area (Å²) in [6.07, 6.45) is 8.48. The van der Waals surface area contributed by atoms with Crippen molar-refractivity contribution < 1.29 is 4.79 Å². The predicted octanol–water partition coefficient (Wildman–Crippen LogP) is 2.82. The third kappa shape index (κ3) is 1.96. The molecule has 1 heterocycles. The Morgan fingerprint density at radius 2 is 1.50 bits per heavy atom. The van der Waals surface area contributed by atoms with E-state index in [2.05, 4.69) is 11.0 Å². The lowest BCUT2D eigenvalue weighted by Crippen LogP contribution is -2.53. The zero-order valence-electron chi connectivity index (χ0n) is 12.1. The molecule has 0 N–H and O–H groups in total. The molecule has 3 nitrogen and oxygen atoms in total. The van der Waals surface area contributed by atoms with Gasteiger partial charge in [-0.1, -0.05) is 0 Å². The van der Waals surface area contributed by atoms with Gasteiger partial charge in [-0.25, -0.2) is 0 Å². The molecule has 0 atom stereocenters. The number of carbonyl (C=O) groups is 1. The molecule has 5 aliphatic rings. The molecule has 0 radical (unpaired) electrons. The van der Waals surface area contributed by atoms with Gasteiger partial charge in [-0.3, -0.25) is 4.79 Å². The molecule has 1 amide bonds. The fraction of sp³-hybridized carbons (Fsp3) is 0.882. The average molecular weight is 272 g/mol. The number of nitrogens with zero attached hydrogens (tertiary/aromatic N) is 2. The molecule has 4 aliphatic carbocycles. The Morgan fingerprint density at radius 1 is 0.950 bits per heavy atom. The number of amides is 1. The summed E-state index contributed by atoms with van der Waals surface area (Å²) in [4.78, 5) is 15.0. The molecule has 108 valence electrons. The largest absolute Gasteiger partial charge is 0.342 e. The number of carbonyl (C=O) groups excluding carboxylic acids is 1. The predicted molar refractivity (Wildman–Crippen MR) is 75.5 cm³/mol. The molecular weight excluding hydrogens is 248 g/mol. The summed E-state index contributed by atoms with van der Waals surface area (Å²) >= 11 is 0. The number of hydrogen-bond acceptors (Lipinski definition) is 2. The van der Waals surface area contributed by atoms with Gasteiger partial charge < -0.3 is 4.90 Å². The Labute approximate surface area is 121 Å². The second-order valence-electron chi connectivity index (χ2n) is 7.69. The number of nitriles is 1. The van der Waals surface area contributed by atoms with Crippen molar-refractivity contribution in [3.05, 3.63) is 0 Å². The van der Waals surface area contributed by atoms with Crippen molar-refractivity contribution in [1.82, 2.24) is 4.90 Å². The Kier molecular flexibility index (Phi) is 3.02. The minimum absolute atomic E-state index is 0.178. The highest BCUT2D eigenvalue weighted by molar-refractivity contribution is 5.80. The van der Waals surface area contributed by atoms with Crippen LogP contribution in [0.25, 0.3) is 0 Å². The molecule has 4 saturated carbocycles. The first-order valence-electron chi connectivity index (χ1n) is 8.43. The van der Waals surface area contributed by atoms with Crippen molar-refractivity contribution in [3.63, 3.8) is 0 Å². The van der Waals surface area contributed by atoms with Crippen LogP contribution in [0.15, 0.2) is 0 Å². The van der Waals surface area contributed by atoms with E-state index in [0.717, 1.165) is 37.8 Å². The standard InChI is InChI=1S/C17H24N2O/c18-10-11-1-3-19(4-2-11)17(20)16-14-6-12-5-13(8-14)9-15(16)7-12/h11-16H,1-9H2. The van der Waals surface area contributed by atoms with Crippen LogP contribution in [0.5, 0.6) is 0 Å². The maximum Gasteiger partial charge on any atom is 0.226 e. The van der Waals surface area contributed by atoms with E-state index in [1.807, 2.05) is 0 Å². The first-order valence-corrected chi connectivity index (χ1v) is 8.43. The average Bonchev–Trinajstić information content (AvgIpc) is 2.46. The lowest BCUT2D eigenvalue weighted by Gasteiger charge is -2.54. The summed E-state index contributed by atoms with van der Waals surface area (Å²) in [5, 5.41) is 8.98. The maximum absolute atomic E-state index is 12.9. The second-order valence-corrected chi connectivity index (χ2v) is 7.69. The van der Waals surface area contributed by atoms with Crippen LogP contribution < -0.4 is 0 Å². The van der Waals surface area contributed by atoms with E-state index in [0.29, 0.717) is 23.7 Å². The second kappa shape index (κ2) is 4.76. The Hall–Kier alpha value is -1.04. The highest BCUT2D eigenvalue weighted by Crippen LogP contribution is 2.56. The van der Waals surface area contributed by atoms with E-state index in [1.165, 1.54) is 32.1 Å². The zero-order chi connectivity index (χ0) is 13.7. The summed E-state index contributed by atoms with van der Waals surface area (Å²) in [6, 6.07) is 2.36. The van der Waals surface area contributed by atoms with Crippen molar-refractivity contribution in [1.29, 1.82) is 5.26 Å². The van der Waals surface area contributed by atoms with Crippen molar-refractivity contribution in [2.24, 2.45) is 35.5 Å². The van der Waals surface area contributed by atoms with Crippen LogP contribution in [0.4, 0.5) is 0 Å². The fourth-order valence-electron chi connectivity index (χ4n) is 5.77. The SMILES string of the molecule is N#CC1CCN(C(=O)C2C3CC4CC(C3)CC2C4)CC1. The Balaban J connectivity index is 1.45. The lowest BCUT2D eigenvalue weighted by molar-refractivity contribution is -0.150. The number of likely N-dealkylation sites (tertiary alicyclic amines) is 1. The molecule has 20 heavy (non-hydrogen) atoms. The smallest absolute Gasteiger partial charge is 0.226 e. The molecule has 0 spiro atoms. The molecule has 3 heteroatoms. The van der Waals surface area contributed by atoms with Gasteiger partial charge in [0.2, 0.25) is 5.91 Å². The van der Waals surface area contributed by atoms with Crippen molar-refractivity contribution in [2.75, 3.05) is 13.1 Å². The molecule has 0 aromatic carbocycles. The third-order valence-corrected chi connectivity index (χ3v) is 6.50. The minimum atomic E-state index is 0.178. The van der Waals surface area contributed by atoms with Gasteiger partial charge in [0.05, 0.1) is 6.07 Å². The summed E-state index contributed by atoms with van der Waals surface area (Å²) in [5.41, 5.74) is 0. The molecule has 4 bridgehead atoms. The van der Waals surface area contributed by atoms with Crippen LogP contribution >= 0.6 is 0 Å². The number of hydrogen-bond donors (Lipinski definition) is 0. The Bertz CT molecular complexity index is 416. The van der Waals surface area contributed by atoms with E-state index in [1.54, 1.807) is 0 Å². The van der Waals surface area contributed by atoms with Crippen LogP contribution in [0.1, 0.15) is 44.9 Å². The topological polar surface area (TPSA) is 44.1 Å². The van der Waals surface area contributed by atoms with E-state index < -0.39 is 0 Å². The normalized spacial score (nSPS) is 43.5. The van der Waals surface area contributed by atoms with E-state index in [9.17, 15) is 4.79 Å². The molecular formula is C17H24N2O. The number of piperidine rings is 1. The van der Waals surface area contributed by atoms with Crippen LogP contribution in [0.2, 0.25) is 0 Å². The van der Waals surface area contributed by atoms with Crippen LogP contribution in [0, 0.1) is 46.8 Å².